The van der Waals surface area contributed by atoms with Gasteiger partial charge in [-0.3, -0.25) is 0 Å². The van der Waals surface area contributed by atoms with Gasteiger partial charge in [0.05, 0.1) is 13.7 Å². The van der Waals surface area contributed by atoms with Crippen molar-refractivity contribution in [3.05, 3.63) is 0 Å². The second-order valence-corrected chi connectivity index (χ2v) is 4.31. The summed E-state index contributed by atoms with van der Waals surface area (Å²) in [7, 11) is 1.16. The molecule has 0 saturated heterocycles. The Bertz CT molecular complexity index is 223. The molecule has 0 aliphatic carbocycles. The minimum Gasteiger partial charge on any atom is -0.438 e. The molecule has 0 aromatic rings. The van der Waals surface area contributed by atoms with Crippen LogP contribution in [0.4, 0.5) is 13.6 Å². The molecule has 0 aromatic carbocycles. The standard InChI is InChI=1S/C10H18F2O4/c1-9(2,3)10(11,12)7-15-5-6-16-8(13)14-4/h5-7H2,1-4H3. The average Bonchev–Trinajstić information content (AvgIpc) is 2.15. The third-order valence-electron chi connectivity index (χ3n) is 1.99. The second-order valence-electron chi connectivity index (χ2n) is 4.31. The van der Waals surface area contributed by atoms with Crippen LogP contribution in [0.5, 0.6) is 0 Å². The van der Waals surface area contributed by atoms with Crippen LogP contribution in [0.2, 0.25) is 0 Å². The normalized spacial score (nSPS) is 12.4. The fraction of sp³-hybridized carbons (Fsp3) is 0.900. The highest BCUT2D eigenvalue weighted by atomic mass is 19.3. The van der Waals surface area contributed by atoms with E-state index in [0.717, 1.165) is 7.11 Å². The van der Waals surface area contributed by atoms with Crippen molar-refractivity contribution >= 4 is 6.16 Å². The molecular formula is C10H18F2O4. The Balaban J connectivity index is 3.71. The first-order valence-electron chi connectivity index (χ1n) is 4.87. The summed E-state index contributed by atoms with van der Waals surface area (Å²) in [5, 5.41) is 0. The predicted molar refractivity (Wildman–Crippen MR) is 53.6 cm³/mol. The summed E-state index contributed by atoms with van der Waals surface area (Å²) in [6.45, 7) is 3.42. The zero-order chi connectivity index (χ0) is 12.8. The minimum atomic E-state index is -2.92. The van der Waals surface area contributed by atoms with Crippen molar-refractivity contribution < 1.29 is 27.8 Å². The van der Waals surface area contributed by atoms with E-state index >= 15 is 0 Å². The molecule has 0 aliphatic heterocycles. The quantitative estimate of drug-likeness (QED) is 0.547. The lowest BCUT2D eigenvalue weighted by atomic mass is 9.88. The van der Waals surface area contributed by atoms with Crippen molar-refractivity contribution in [3.63, 3.8) is 0 Å². The molecule has 0 unspecified atom stereocenters. The lowest BCUT2D eigenvalue weighted by molar-refractivity contribution is -0.148. The van der Waals surface area contributed by atoms with E-state index in [-0.39, 0.29) is 13.2 Å². The maximum atomic E-state index is 13.3. The smallest absolute Gasteiger partial charge is 0.438 e. The van der Waals surface area contributed by atoms with Gasteiger partial charge in [0.1, 0.15) is 13.2 Å². The van der Waals surface area contributed by atoms with Crippen LogP contribution in [0.1, 0.15) is 20.8 Å². The molecule has 0 N–H and O–H groups in total. The number of hydrogen-bond acceptors (Lipinski definition) is 4. The third-order valence-corrected chi connectivity index (χ3v) is 1.99. The number of carbonyl (C=O) groups excluding carboxylic acids is 1. The van der Waals surface area contributed by atoms with Crippen LogP contribution in [0.3, 0.4) is 0 Å². The van der Waals surface area contributed by atoms with Gasteiger partial charge in [0.25, 0.3) is 5.92 Å². The molecule has 0 aromatic heterocycles. The maximum Gasteiger partial charge on any atom is 0.508 e. The number of ether oxygens (including phenoxy) is 3. The van der Waals surface area contributed by atoms with Crippen molar-refractivity contribution in [2.24, 2.45) is 5.41 Å². The van der Waals surface area contributed by atoms with Gasteiger partial charge in [-0.15, -0.1) is 0 Å². The molecule has 0 saturated carbocycles. The zero-order valence-electron chi connectivity index (χ0n) is 10.0. The van der Waals surface area contributed by atoms with Gasteiger partial charge in [0, 0.05) is 5.41 Å². The van der Waals surface area contributed by atoms with E-state index in [4.69, 9.17) is 4.74 Å². The predicted octanol–water partition coefficient (Wildman–Crippen LogP) is 2.47. The monoisotopic (exact) mass is 240 g/mol. The van der Waals surface area contributed by atoms with Gasteiger partial charge in [-0.2, -0.15) is 0 Å². The van der Waals surface area contributed by atoms with E-state index in [1.54, 1.807) is 0 Å². The van der Waals surface area contributed by atoms with Crippen LogP contribution in [0, 0.1) is 5.41 Å². The molecule has 0 rings (SSSR count). The van der Waals surface area contributed by atoms with Crippen LogP contribution in [0.15, 0.2) is 0 Å². The SMILES string of the molecule is COC(=O)OCCOCC(F)(F)C(C)(C)C. The molecule has 0 atom stereocenters. The van der Waals surface area contributed by atoms with E-state index in [1.807, 2.05) is 0 Å². The Hall–Kier alpha value is -0.910. The van der Waals surface area contributed by atoms with Gasteiger partial charge in [-0.05, 0) is 0 Å². The van der Waals surface area contributed by atoms with Gasteiger partial charge in [0.2, 0.25) is 0 Å². The molecule has 0 fully saturated rings. The van der Waals surface area contributed by atoms with Gasteiger partial charge >= 0.3 is 6.16 Å². The first-order valence-corrected chi connectivity index (χ1v) is 4.87. The van der Waals surface area contributed by atoms with Crippen LogP contribution in [0.25, 0.3) is 0 Å². The van der Waals surface area contributed by atoms with Crippen LogP contribution in [-0.4, -0.2) is 39.0 Å². The molecule has 0 heterocycles. The Kier molecular flexibility index (Phi) is 5.64. The highest BCUT2D eigenvalue weighted by Crippen LogP contribution is 2.35. The summed E-state index contributed by atoms with van der Waals surface area (Å²) in [5.74, 6) is -2.92. The van der Waals surface area contributed by atoms with Crippen molar-refractivity contribution in [2.75, 3.05) is 26.9 Å². The third kappa shape index (κ3) is 5.25. The Morgan fingerprint density at radius 2 is 1.75 bits per heavy atom. The number of alkyl halides is 2. The summed E-state index contributed by atoms with van der Waals surface area (Å²) < 4.78 is 40.0. The van der Waals surface area contributed by atoms with E-state index in [2.05, 4.69) is 9.47 Å². The topological polar surface area (TPSA) is 44.8 Å². The molecule has 16 heavy (non-hydrogen) atoms. The van der Waals surface area contributed by atoms with Crippen molar-refractivity contribution in [1.82, 2.24) is 0 Å². The van der Waals surface area contributed by atoms with Gasteiger partial charge in [0.15, 0.2) is 0 Å². The van der Waals surface area contributed by atoms with Gasteiger partial charge in [-0.25, -0.2) is 13.6 Å². The van der Waals surface area contributed by atoms with E-state index < -0.39 is 24.1 Å². The summed E-state index contributed by atoms with van der Waals surface area (Å²) in [5.41, 5.74) is -1.16. The van der Waals surface area contributed by atoms with Crippen molar-refractivity contribution in [3.8, 4) is 0 Å². The first-order chi connectivity index (χ1) is 7.20. The van der Waals surface area contributed by atoms with Gasteiger partial charge in [-0.1, -0.05) is 20.8 Å². The highest BCUT2D eigenvalue weighted by Gasteiger charge is 2.43. The summed E-state index contributed by atoms with van der Waals surface area (Å²) in [6.07, 6.45) is -0.855. The molecular weight excluding hydrogens is 222 g/mol. The Labute approximate surface area is 93.9 Å². The molecule has 0 bridgehead atoms. The van der Waals surface area contributed by atoms with E-state index in [1.165, 1.54) is 20.8 Å². The number of methoxy groups -OCH3 is 1. The number of halogens is 2. The van der Waals surface area contributed by atoms with Crippen molar-refractivity contribution in [1.29, 1.82) is 0 Å². The Morgan fingerprint density at radius 3 is 2.19 bits per heavy atom. The summed E-state index contributed by atoms with van der Waals surface area (Å²) >= 11 is 0. The highest BCUT2D eigenvalue weighted by molar-refractivity contribution is 5.59. The van der Waals surface area contributed by atoms with Crippen LogP contribution < -0.4 is 0 Å². The molecule has 96 valence electrons. The molecule has 6 heteroatoms. The summed E-state index contributed by atoms with van der Waals surface area (Å²) in [4.78, 5) is 10.5. The number of rotatable bonds is 5. The van der Waals surface area contributed by atoms with Crippen molar-refractivity contribution in [2.45, 2.75) is 26.7 Å². The fourth-order valence-electron chi connectivity index (χ4n) is 0.660. The second kappa shape index (κ2) is 5.98. The average molecular weight is 240 g/mol. The van der Waals surface area contributed by atoms with E-state index in [0.29, 0.717) is 0 Å². The van der Waals surface area contributed by atoms with Crippen LogP contribution >= 0.6 is 0 Å². The first kappa shape index (κ1) is 15.1. The van der Waals surface area contributed by atoms with Gasteiger partial charge < -0.3 is 14.2 Å². The molecule has 0 radical (unpaired) electrons. The molecule has 0 spiro atoms. The van der Waals surface area contributed by atoms with E-state index in [9.17, 15) is 13.6 Å². The molecule has 0 amide bonds. The molecule has 4 nitrogen and oxygen atoms in total. The Morgan fingerprint density at radius 1 is 1.19 bits per heavy atom. The lowest BCUT2D eigenvalue weighted by Crippen LogP contribution is -2.38. The zero-order valence-corrected chi connectivity index (χ0v) is 10.0. The maximum absolute atomic E-state index is 13.3. The summed E-state index contributed by atoms with van der Waals surface area (Å²) in [6, 6.07) is 0. The largest absolute Gasteiger partial charge is 0.508 e. The minimum absolute atomic E-state index is 0.0826. The number of carbonyl (C=O) groups is 1. The molecule has 0 aliphatic rings. The van der Waals surface area contributed by atoms with Crippen LogP contribution in [-0.2, 0) is 14.2 Å². The lowest BCUT2D eigenvalue weighted by Gasteiger charge is -2.29. The fourth-order valence-corrected chi connectivity index (χ4v) is 0.660. The number of hydrogen-bond donors (Lipinski definition) is 0.